The van der Waals surface area contributed by atoms with E-state index in [1.54, 1.807) is 60.9 Å². The summed E-state index contributed by atoms with van der Waals surface area (Å²) in [6.07, 6.45) is 7.91. The minimum atomic E-state index is -0.344. The lowest BCUT2D eigenvalue weighted by molar-refractivity contribution is -0.116. The molecule has 4 aromatic rings. The number of benzene rings is 2. The van der Waals surface area contributed by atoms with E-state index >= 15 is 0 Å². The molecule has 0 bridgehead atoms. The molecule has 2 aliphatic rings. The number of unbranched alkanes of at least 4 members (excludes halogenated alkanes) is 2. The van der Waals surface area contributed by atoms with Gasteiger partial charge in [-0.05, 0) is 80.9 Å². The molecule has 0 aliphatic carbocycles. The zero-order chi connectivity index (χ0) is 40.1. The SMILES string of the molecule is CNCC(C)(C)CCC(=O)Nc1cc(C(=O)Nc2cc(C(=O)CCCCCOc3cc4c(cc3OC)C(=O)N3c5ccccc5C[C@H]3CN4C)n(C)c2)n(C)c1. The molecule has 3 N–H and O–H groups in total. The molecule has 6 rings (SSSR count). The van der Waals surface area contributed by atoms with E-state index in [0.717, 1.165) is 43.6 Å². The van der Waals surface area contributed by atoms with Gasteiger partial charge < -0.3 is 44.4 Å². The van der Waals surface area contributed by atoms with Crippen molar-refractivity contribution in [3.05, 3.63) is 83.4 Å². The molecule has 0 fully saturated rings. The van der Waals surface area contributed by atoms with Gasteiger partial charge in [-0.3, -0.25) is 19.2 Å². The Morgan fingerprint density at radius 3 is 2.32 bits per heavy atom. The molecule has 298 valence electrons. The minimum absolute atomic E-state index is 0.00688. The van der Waals surface area contributed by atoms with Gasteiger partial charge >= 0.3 is 0 Å². The highest BCUT2D eigenvalue weighted by Crippen LogP contribution is 2.42. The van der Waals surface area contributed by atoms with Crippen LogP contribution in [0.1, 0.15) is 89.3 Å². The number of anilines is 4. The molecule has 4 heterocycles. The van der Waals surface area contributed by atoms with Gasteiger partial charge in [-0.15, -0.1) is 0 Å². The highest BCUT2D eigenvalue weighted by Gasteiger charge is 2.39. The Morgan fingerprint density at radius 1 is 0.857 bits per heavy atom. The third kappa shape index (κ3) is 8.94. The van der Waals surface area contributed by atoms with Crippen LogP contribution in [-0.2, 0) is 25.3 Å². The van der Waals surface area contributed by atoms with Crippen LogP contribution in [0.4, 0.5) is 22.7 Å². The number of aryl methyl sites for hydroxylation is 2. The fourth-order valence-corrected chi connectivity index (χ4v) is 7.82. The average Bonchev–Trinajstić information content (AvgIpc) is 3.82. The van der Waals surface area contributed by atoms with Crippen LogP contribution >= 0.6 is 0 Å². The second kappa shape index (κ2) is 17.1. The van der Waals surface area contributed by atoms with Crippen LogP contribution in [0.5, 0.6) is 11.5 Å². The van der Waals surface area contributed by atoms with Gasteiger partial charge in [0.05, 0.1) is 48.1 Å². The Morgan fingerprint density at radius 2 is 1.57 bits per heavy atom. The van der Waals surface area contributed by atoms with Crippen molar-refractivity contribution in [2.24, 2.45) is 19.5 Å². The van der Waals surface area contributed by atoms with Crippen molar-refractivity contribution < 1.29 is 28.7 Å². The smallest absolute Gasteiger partial charge is 0.272 e. The first-order valence-corrected chi connectivity index (χ1v) is 19.4. The number of ether oxygens (including phenoxy) is 2. The fourth-order valence-electron chi connectivity index (χ4n) is 7.82. The largest absolute Gasteiger partial charge is 0.493 e. The van der Waals surface area contributed by atoms with E-state index in [1.807, 2.05) is 43.3 Å². The molecule has 2 aromatic heterocycles. The number of para-hydroxylation sites is 1. The summed E-state index contributed by atoms with van der Waals surface area (Å²) in [5.74, 6) is 0.591. The van der Waals surface area contributed by atoms with Crippen molar-refractivity contribution in [2.45, 2.75) is 64.8 Å². The lowest BCUT2D eigenvalue weighted by Gasteiger charge is -2.25. The predicted octanol–water partition coefficient (Wildman–Crippen LogP) is 6.43. The summed E-state index contributed by atoms with van der Waals surface area (Å²) in [4.78, 5) is 56.9. The second-order valence-corrected chi connectivity index (χ2v) is 15.8. The Balaban J connectivity index is 0.971. The highest BCUT2D eigenvalue weighted by molar-refractivity contribution is 6.12. The molecule has 56 heavy (non-hydrogen) atoms. The molecule has 1 atom stereocenters. The van der Waals surface area contributed by atoms with E-state index < -0.39 is 0 Å². The Bertz CT molecular complexity index is 2100. The van der Waals surface area contributed by atoms with Gasteiger partial charge in [-0.1, -0.05) is 32.0 Å². The molecular formula is C43H55N7O6. The van der Waals surface area contributed by atoms with Gasteiger partial charge in [0.15, 0.2) is 17.3 Å². The van der Waals surface area contributed by atoms with Crippen molar-refractivity contribution in [3.63, 3.8) is 0 Å². The van der Waals surface area contributed by atoms with E-state index in [-0.39, 0.29) is 35.0 Å². The zero-order valence-corrected chi connectivity index (χ0v) is 33.7. The molecule has 0 saturated carbocycles. The normalized spacial score (nSPS) is 14.8. The van der Waals surface area contributed by atoms with Crippen molar-refractivity contribution >= 4 is 46.3 Å². The number of fused-ring (bicyclic) bond motifs is 4. The molecule has 13 heteroatoms. The van der Waals surface area contributed by atoms with Gasteiger partial charge in [0, 0.05) is 64.7 Å². The van der Waals surface area contributed by atoms with E-state index in [0.29, 0.717) is 72.2 Å². The van der Waals surface area contributed by atoms with Crippen LogP contribution in [-0.4, -0.2) is 79.6 Å². The molecule has 13 nitrogen and oxygen atoms in total. The topological polar surface area (TPSA) is 139 Å². The highest BCUT2D eigenvalue weighted by atomic mass is 16.5. The number of carbonyl (C=O) groups is 4. The number of likely N-dealkylation sites (N-methyl/N-ethyl adjacent to an activating group) is 1. The van der Waals surface area contributed by atoms with Gasteiger partial charge in [0.25, 0.3) is 11.8 Å². The standard InChI is InChI=1S/C43H55N7O6/c1-43(2,27-44-3)17-16-40(52)45-29-21-36(48(5)24-29)41(53)46-30-20-35(47(4)25-30)37(51)15-9-8-12-18-56-39-23-34-32(22-38(39)55-7)42(54)50-31(26-49(34)6)19-28-13-10-11-14-33(28)50/h10-11,13-14,20-25,31,44H,8-9,12,15-19,26-27H2,1-7H3,(H,45,52)(H,46,53)/t31-/m0/s1. The number of hydrogen-bond acceptors (Lipinski definition) is 8. The van der Waals surface area contributed by atoms with Gasteiger partial charge in [-0.2, -0.15) is 0 Å². The Kier molecular flexibility index (Phi) is 12.2. The summed E-state index contributed by atoms with van der Waals surface area (Å²) in [5.41, 5.74) is 5.51. The molecule has 0 radical (unpaired) electrons. The first kappa shape index (κ1) is 40.1. The molecular weight excluding hydrogens is 711 g/mol. The lowest BCUT2D eigenvalue weighted by atomic mass is 9.87. The van der Waals surface area contributed by atoms with E-state index in [1.165, 1.54) is 5.56 Å². The maximum atomic E-state index is 13.9. The van der Waals surface area contributed by atoms with Crippen molar-refractivity contribution in [3.8, 4) is 11.5 Å². The minimum Gasteiger partial charge on any atom is -0.493 e. The van der Waals surface area contributed by atoms with Crippen molar-refractivity contribution in [2.75, 3.05) is 61.3 Å². The molecule has 3 amide bonds. The number of amides is 3. The van der Waals surface area contributed by atoms with E-state index in [9.17, 15) is 19.2 Å². The Hall–Kier alpha value is -5.56. The molecule has 2 aliphatic heterocycles. The van der Waals surface area contributed by atoms with Crippen LogP contribution in [0.3, 0.4) is 0 Å². The number of ketones is 1. The van der Waals surface area contributed by atoms with Crippen molar-refractivity contribution in [1.82, 2.24) is 14.5 Å². The maximum absolute atomic E-state index is 13.9. The van der Waals surface area contributed by atoms with Crippen LogP contribution < -0.4 is 35.2 Å². The third-order valence-electron chi connectivity index (χ3n) is 10.8. The number of Topliss-reactive ketones (excluding diaryl/α,β-unsaturated/α-hetero) is 1. The Labute approximate surface area is 329 Å². The number of rotatable bonds is 17. The number of nitrogens with zero attached hydrogens (tertiary/aromatic N) is 4. The van der Waals surface area contributed by atoms with Gasteiger partial charge in [0.1, 0.15) is 5.69 Å². The zero-order valence-electron chi connectivity index (χ0n) is 33.7. The quantitative estimate of drug-likeness (QED) is 0.0826. The average molecular weight is 766 g/mol. The number of aromatic nitrogens is 2. The molecule has 0 spiro atoms. The lowest BCUT2D eigenvalue weighted by Crippen LogP contribution is -2.41. The van der Waals surface area contributed by atoms with Crippen molar-refractivity contribution in [1.29, 1.82) is 0 Å². The van der Waals surface area contributed by atoms with Crippen LogP contribution in [0, 0.1) is 5.41 Å². The maximum Gasteiger partial charge on any atom is 0.272 e. The van der Waals surface area contributed by atoms with Gasteiger partial charge in [-0.25, -0.2) is 0 Å². The van der Waals surface area contributed by atoms with E-state index in [4.69, 9.17) is 9.47 Å². The number of nitrogens with one attached hydrogen (secondary N) is 3. The van der Waals surface area contributed by atoms with Gasteiger partial charge in [0.2, 0.25) is 5.91 Å². The predicted molar refractivity (Wildman–Crippen MR) is 220 cm³/mol. The first-order chi connectivity index (χ1) is 26.8. The monoisotopic (exact) mass is 765 g/mol. The summed E-state index contributed by atoms with van der Waals surface area (Å²) in [6, 6.07) is 15.2. The molecule has 0 saturated heterocycles. The number of carbonyl (C=O) groups excluding carboxylic acids is 4. The molecule has 2 aromatic carbocycles. The van der Waals surface area contributed by atoms with Crippen LogP contribution in [0.2, 0.25) is 0 Å². The summed E-state index contributed by atoms with van der Waals surface area (Å²) in [6.45, 7) is 6.18. The number of methoxy groups -OCH3 is 1. The first-order valence-electron chi connectivity index (χ1n) is 19.4. The van der Waals surface area contributed by atoms with Crippen LogP contribution in [0.25, 0.3) is 0 Å². The number of hydrogen-bond donors (Lipinski definition) is 3. The second-order valence-electron chi connectivity index (χ2n) is 15.8. The van der Waals surface area contributed by atoms with E-state index in [2.05, 4.69) is 40.8 Å². The summed E-state index contributed by atoms with van der Waals surface area (Å²) >= 11 is 0. The summed E-state index contributed by atoms with van der Waals surface area (Å²) in [7, 11) is 9.02. The summed E-state index contributed by atoms with van der Waals surface area (Å²) < 4.78 is 15.3. The fraction of sp³-hybridized carbons (Fsp3) is 0.442. The third-order valence-corrected chi connectivity index (χ3v) is 10.8. The molecule has 0 unspecified atom stereocenters. The summed E-state index contributed by atoms with van der Waals surface area (Å²) in [5, 5.41) is 8.94. The van der Waals surface area contributed by atoms with Crippen LogP contribution in [0.15, 0.2) is 60.9 Å².